The van der Waals surface area contributed by atoms with Gasteiger partial charge in [-0.05, 0) is 38.4 Å². The van der Waals surface area contributed by atoms with Crippen molar-refractivity contribution < 1.29 is 9.15 Å². The van der Waals surface area contributed by atoms with Crippen LogP contribution < -0.4 is 5.32 Å². The van der Waals surface area contributed by atoms with Crippen molar-refractivity contribution in [3.05, 3.63) is 24.2 Å². The third-order valence-corrected chi connectivity index (χ3v) is 2.20. The molecule has 0 aliphatic rings. The lowest BCUT2D eigenvalue weighted by molar-refractivity contribution is 0.192. The fraction of sp³-hybridized carbons (Fsp3) is 0.636. The van der Waals surface area contributed by atoms with Gasteiger partial charge >= 0.3 is 0 Å². The summed E-state index contributed by atoms with van der Waals surface area (Å²) < 4.78 is 10.3. The molecule has 3 heteroatoms. The first-order valence-corrected chi connectivity index (χ1v) is 5.10. The predicted molar refractivity (Wildman–Crippen MR) is 56.2 cm³/mol. The second-order valence-electron chi connectivity index (χ2n) is 3.39. The molecule has 0 aliphatic carbocycles. The standard InChI is InChI=1S/C11H19NO2/c1-10(11-6-5-9-14-11)12-7-3-4-8-13-2/h5-6,9-10,12H,3-4,7-8H2,1-2H3. The zero-order chi connectivity index (χ0) is 10.2. The van der Waals surface area contributed by atoms with Gasteiger partial charge in [0.25, 0.3) is 0 Å². The maximum atomic E-state index is 5.29. The van der Waals surface area contributed by atoms with E-state index in [2.05, 4.69) is 12.2 Å². The predicted octanol–water partition coefficient (Wildman–Crippen LogP) is 2.36. The van der Waals surface area contributed by atoms with Gasteiger partial charge in [-0.2, -0.15) is 0 Å². The Morgan fingerprint density at radius 2 is 2.36 bits per heavy atom. The smallest absolute Gasteiger partial charge is 0.120 e. The average Bonchev–Trinajstić information content (AvgIpc) is 2.70. The molecule has 0 aromatic carbocycles. The van der Waals surface area contributed by atoms with Gasteiger partial charge in [-0.3, -0.25) is 0 Å². The molecule has 0 amide bonds. The van der Waals surface area contributed by atoms with Crippen molar-refractivity contribution in [2.45, 2.75) is 25.8 Å². The maximum Gasteiger partial charge on any atom is 0.120 e. The lowest BCUT2D eigenvalue weighted by atomic mass is 10.2. The first kappa shape index (κ1) is 11.3. The summed E-state index contributed by atoms with van der Waals surface area (Å²) in [6.45, 7) is 3.96. The number of hydrogen-bond donors (Lipinski definition) is 1. The SMILES string of the molecule is COCCCCNC(C)c1ccco1. The number of nitrogens with one attached hydrogen (secondary N) is 1. The van der Waals surface area contributed by atoms with Crippen LogP contribution in [0.3, 0.4) is 0 Å². The molecule has 0 saturated carbocycles. The van der Waals surface area contributed by atoms with Gasteiger partial charge in [-0.25, -0.2) is 0 Å². The lowest BCUT2D eigenvalue weighted by Gasteiger charge is -2.10. The van der Waals surface area contributed by atoms with Crippen LogP contribution in [0.15, 0.2) is 22.8 Å². The Kier molecular flexibility index (Phi) is 5.33. The van der Waals surface area contributed by atoms with Crippen molar-refractivity contribution in [2.75, 3.05) is 20.3 Å². The van der Waals surface area contributed by atoms with E-state index in [0.717, 1.165) is 31.8 Å². The van der Waals surface area contributed by atoms with E-state index in [1.54, 1.807) is 13.4 Å². The van der Waals surface area contributed by atoms with Gasteiger partial charge in [0, 0.05) is 13.7 Å². The zero-order valence-corrected chi connectivity index (χ0v) is 8.95. The molecule has 0 saturated heterocycles. The van der Waals surface area contributed by atoms with Crippen LogP contribution in [-0.2, 0) is 4.74 Å². The molecule has 80 valence electrons. The molecule has 1 atom stereocenters. The van der Waals surface area contributed by atoms with E-state index in [1.807, 2.05) is 12.1 Å². The van der Waals surface area contributed by atoms with E-state index >= 15 is 0 Å². The molecule has 1 aromatic heterocycles. The Morgan fingerprint density at radius 1 is 1.50 bits per heavy atom. The van der Waals surface area contributed by atoms with Gasteiger partial charge in [0.1, 0.15) is 5.76 Å². The summed E-state index contributed by atoms with van der Waals surface area (Å²) in [7, 11) is 1.74. The van der Waals surface area contributed by atoms with E-state index in [4.69, 9.17) is 9.15 Å². The topological polar surface area (TPSA) is 34.4 Å². The quantitative estimate of drug-likeness (QED) is 0.681. The largest absolute Gasteiger partial charge is 0.468 e. The van der Waals surface area contributed by atoms with E-state index in [9.17, 15) is 0 Å². The van der Waals surface area contributed by atoms with E-state index in [0.29, 0.717) is 6.04 Å². The van der Waals surface area contributed by atoms with Crippen molar-refractivity contribution in [1.82, 2.24) is 5.32 Å². The van der Waals surface area contributed by atoms with Crippen LogP contribution in [0.5, 0.6) is 0 Å². The molecule has 3 nitrogen and oxygen atoms in total. The monoisotopic (exact) mass is 197 g/mol. The van der Waals surface area contributed by atoms with Gasteiger partial charge in [-0.1, -0.05) is 0 Å². The minimum atomic E-state index is 0.299. The number of methoxy groups -OCH3 is 1. The third kappa shape index (κ3) is 3.94. The number of hydrogen-bond acceptors (Lipinski definition) is 3. The van der Waals surface area contributed by atoms with Crippen LogP contribution >= 0.6 is 0 Å². The van der Waals surface area contributed by atoms with Crippen molar-refractivity contribution in [2.24, 2.45) is 0 Å². The summed E-state index contributed by atoms with van der Waals surface area (Å²) in [6, 6.07) is 4.21. The molecule has 0 spiro atoms. The summed E-state index contributed by atoms with van der Waals surface area (Å²) in [5.41, 5.74) is 0. The van der Waals surface area contributed by atoms with Gasteiger partial charge in [0.15, 0.2) is 0 Å². The number of ether oxygens (including phenoxy) is 1. The first-order chi connectivity index (χ1) is 6.84. The van der Waals surface area contributed by atoms with Crippen LogP contribution in [0.4, 0.5) is 0 Å². The molecule has 0 aliphatic heterocycles. The normalized spacial score (nSPS) is 13.0. The minimum absolute atomic E-state index is 0.299. The van der Waals surface area contributed by atoms with Crippen LogP contribution in [-0.4, -0.2) is 20.3 Å². The Hall–Kier alpha value is -0.800. The third-order valence-electron chi connectivity index (χ3n) is 2.20. The Morgan fingerprint density at radius 3 is 3.00 bits per heavy atom. The minimum Gasteiger partial charge on any atom is -0.468 e. The molecule has 1 N–H and O–H groups in total. The number of unbranched alkanes of at least 4 members (excludes halogenated alkanes) is 1. The van der Waals surface area contributed by atoms with Gasteiger partial charge < -0.3 is 14.5 Å². The second-order valence-corrected chi connectivity index (χ2v) is 3.39. The van der Waals surface area contributed by atoms with Crippen molar-refractivity contribution in [3.63, 3.8) is 0 Å². The highest BCUT2D eigenvalue weighted by atomic mass is 16.5. The average molecular weight is 197 g/mol. The van der Waals surface area contributed by atoms with Gasteiger partial charge in [-0.15, -0.1) is 0 Å². The lowest BCUT2D eigenvalue weighted by Crippen LogP contribution is -2.19. The van der Waals surface area contributed by atoms with Crippen LogP contribution in [0.2, 0.25) is 0 Å². The van der Waals surface area contributed by atoms with Crippen molar-refractivity contribution in [1.29, 1.82) is 0 Å². The van der Waals surface area contributed by atoms with Crippen LogP contribution in [0.25, 0.3) is 0 Å². The van der Waals surface area contributed by atoms with E-state index in [1.165, 1.54) is 0 Å². The van der Waals surface area contributed by atoms with Gasteiger partial charge in [0.2, 0.25) is 0 Å². The van der Waals surface area contributed by atoms with Crippen LogP contribution in [0, 0.1) is 0 Å². The Balaban J connectivity index is 2.07. The van der Waals surface area contributed by atoms with Gasteiger partial charge in [0.05, 0.1) is 12.3 Å². The molecule has 1 rings (SSSR count). The molecule has 0 fully saturated rings. The van der Waals surface area contributed by atoms with E-state index < -0.39 is 0 Å². The molecule has 0 radical (unpaired) electrons. The molecular weight excluding hydrogens is 178 g/mol. The summed E-state index contributed by atoms with van der Waals surface area (Å²) in [6.07, 6.45) is 3.95. The fourth-order valence-electron chi connectivity index (χ4n) is 1.33. The summed E-state index contributed by atoms with van der Waals surface area (Å²) >= 11 is 0. The highest BCUT2D eigenvalue weighted by molar-refractivity contribution is 5.02. The number of rotatable bonds is 7. The van der Waals surface area contributed by atoms with Crippen LogP contribution in [0.1, 0.15) is 31.6 Å². The Bertz CT molecular complexity index is 221. The zero-order valence-electron chi connectivity index (χ0n) is 8.95. The molecular formula is C11H19NO2. The summed E-state index contributed by atoms with van der Waals surface area (Å²) in [5.74, 6) is 0.997. The molecule has 0 bridgehead atoms. The highest BCUT2D eigenvalue weighted by Gasteiger charge is 2.05. The summed E-state index contributed by atoms with van der Waals surface area (Å²) in [4.78, 5) is 0. The molecule has 14 heavy (non-hydrogen) atoms. The summed E-state index contributed by atoms with van der Waals surface area (Å²) in [5, 5.41) is 3.39. The maximum absolute atomic E-state index is 5.29. The molecule has 1 heterocycles. The Labute approximate surface area is 85.4 Å². The van der Waals surface area contributed by atoms with Crippen molar-refractivity contribution >= 4 is 0 Å². The molecule has 1 unspecified atom stereocenters. The fourth-order valence-corrected chi connectivity index (χ4v) is 1.33. The molecule has 1 aromatic rings. The number of furan rings is 1. The highest BCUT2D eigenvalue weighted by Crippen LogP contribution is 2.11. The first-order valence-electron chi connectivity index (χ1n) is 5.10. The second kappa shape index (κ2) is 6.62. The van der Waals surface area contributed by atoms with E-state index in [-0.39, 0.29) is 0 Å². The van der Waals surface area contributed by atoms with Crippen molar-refractivity contribution in [3.8, 4) is 0 Å².